The van der Waals surface area contributed by atoms with Crippen LogP contribution in [0, 0.1) is 0 Å². The molecule has 0 saturated heterocycles. The lowest BCUT2D eigenvalue weighted by molar-refractivity contribution is -0.137. The quantitative estimate of drug-likeness (QED) is 0.763. The molecule has 1 amide bonds. The van der Waals surface area contributed by atoms with Gasteiger partial charge in [-0.1, -0.05) is 11.6 Å². The van der Waals surface area contributed by atoms with Crippen LogP contribution in [0.4, 0.5) is 0 Å². The van der Waals surface area contributed by atoms with Gasteiger partial charge in [0.05, 0.1) is 17.9 Å². The SMILES string of the molecule is CC(CC(=O)O)NC(=O)CN(C)S(=O)(=O)c1ccc(Cl)cc1. The number of hydrogen-bond donors (Lipinski definition) is 2. The molecule has 0 fully saturated rings. The van der Waals surface area contributed by atoms with E-state index >= 15 is 0 Å². The number of carbonyl (C=O) groups excluding carboxylic acids is 1. The molecule has 0 radical (unpaired) electrons. The Balaban J connectivity index is 2.71. The number of sulfonamides is 1. The number of nitrogens with one attached hydrogen (secondary N) is 1. The van der Waals surface area contributed by atoms with Gasteiger partial charge in [-0.2, -0.15) is 4.31 Å². The molecule has 0 aliphatic rings. The normalized spacial score (nSPS) is 12.9. The molecular weight excluding hydrogens is 332 g/mol. The van der Waals surface area contributed by atoms with Gasteiger partial charge in [0.2, 0.25) is 15.9 Å². The van der Waals surface area contributed by atoms with Crippen LogP contribution in [0.2, 0.25) is 5.02 Å². The number of carboxylic acids is 1. The van der Waals surface area contributed by atoms with E-state index in [1.54, 1.807) is 0 Å². The highest BCUT2D eigenvalue weighted by molar-refractivity contribution is 7.89. The number of aliphatic carboxylic acids is 1. The first-order valence-electron chi connectivity index (χ1n) is 6.36. The molecular formula is C13H17ClN2O5S. The van der Waals surface area contributed by atoms with Crippen LogP contribution in [0.5, 0.6) is 0 Å². The van der Waals surface area contributed by atoms with E-state index in [9.17, 15) is 18.0 Å². The predicted molar refractivity (Wildman–Crippen MR) is 81.1 cm³/mol. The van der Waals surface area contributed by atoms with E-state index in [0.717, 1.165) is 4.31 Å². The Morgan fingerprint density at radius 3 is 2.36 bits per heavy atom. The minimum absolute atomic E-state index is 0.0192. The van der Waals surface area contributed by atoms with E-state index in [-0.39, 0.29) is 11.3 Å². The summed E-state index contributed by atoms with van der Waals surface area (Å²) in [6.45, 7) is 1.12. The fourth-order valence-corrected chi connectivity index (χ4v) is 2.96. The van der Waals surface area contributed by atoms with Crippen LogP contribution in [0.3, 0.4) is 0 Å². The van der Waals surface area contributed by atoms with Gasteiger partial charge in [0, 0.05) is 18.1 Å². The number of hydrogen-bond acceptors (Lipinski definition) is 4. The standard InChI is InChI=1S/C13H17ClN2O5S/c1-9(7-13(18)19)15-12(17)8-16(2)22(20,21)11-5-3-10(14)4-6-11/h3-6,9H,7-8H2,1-2H3,(H,15,17)(H,18,19). The summed E-state index contributed by atoms with van der Waals surface area (Å²) in [7, 11) is -2.54. The van der Waals surface area contributed by atoms with Crippen LogP contribution in [0.15, 0.2) is 29.2 Å². The largest absolute Gasteiger partial charge is 0.481 e. The van der Waals surface area contributed by atoms with Gasteiger partial charge in [0.25, 0.3) is 0 Å². The van der Waals surface area contributed by atoms with E-state index in [1.165, 1.54) is 38.2 Å². The van der Waals surface area contributed by atoms with Gasteiger partial charge < -0.3 is 10.4 Å². The Morgan fingerprint density at radius 1 is 1.32 bits per heavy atom. The summed E-state index contributed by atoms with van der Waals surface area (Å²) in [6, 6.07) is 4.99. The third-order valence-electron chi connectivity index (χ3n) is 2.78. The Morgan fingerprint density at radius 2 is 1.86 bits per heavy atom. The van der Waals surface area contributed by atoms with Crippen molar-refractivity contribution >= 4 is 33.5 Å². The molecule has 0 bridgehead atoms. The van der Waals surface area contributed by atoms with Gasteiger partial charge in [-0.25, -0.2) is 8.42 Å². The summed E-state index contributed by atoms with van der Waals surface area (Å²) in [6.07, 6.45) is -0.237. The molecule has 0 heterocycles. The summed E-state index contributed by atoms with van der Waals surface area (Å²) in [5, 5.41) is 11.4. The molecule has 0 aliphatic carbocycles. The highest BCUT2D eigenvalue weighted by Gasteiger charge is 2.23. The number of carbonyl (C=O) groups is 2. The van der Waals surface area contributed by atoms with Crippen LogP contribution < -0.4 is 5.32 Å². The Labute approximate surface area is 133 Å². The zero-order chi connectivity index (χ0) is 16.9. The van der Waals surface area contributed by atoms with Crippen molar-refractivity contribution in [3.8, 4) is 0 Å². The fraction of sp³-hybridized carbons (Fsp3) is 0.385. The zero-order valence-electron chi connectivity index (χ0n) is 12.1. The minimum Gasteiger partial charge on any atom is -0.481 e. The van der Waals surface area contributed by atoms with Crippen LogP contribution >= 0.6 is 11.6 Å². The summed E-state index contributed by atoms with van der Waals surface area (Å²) in [5.41, 5.74) is 0. The number of nitrogens with zero attached hydrogens (tertiary/aromatic N) is 1. The molecule has 0 aromatic heterocycles. The zero-order valence-corrected chi connectivity index (χ0v) is 13.7. The molecule has 1 aromatic carbocycles. The smallest absolute Gasteiger partial charge is 0.305 e. The topological polar surface area (TPSA) is 104 Å². The third kappa shape index (κ3) is 5.28. The number of likely N-dealkylation sites (N-methyl/N-ethyl adjacent to an activating group) is 1. The molecule has 122 valence electrons. The molecule has 1 rings (SSSR count). The summed E-state index contributed by atoms with van der Waals surface area (Å²) < 4.78 is 25.4. The van der Waals surface area contributed by atoms with Crippen LogP contribution in [-0.2, 0) is 19.6 Å². The first-order chi connectivity index (χ1) is 10.1. The number of halogens is 1. The Bertz CT molecular complexity index is 645. The van der Waals surface area contributed by atoms with Crippen molar-refractivity contribution in [3.63, 3.8) is 0 Å². The first kappa shape index (κ1) is 18.4. The van der Waals surface area contributed by atoms with Gasteiger partial charge in [-0.3, -0.25) is 9.59 Å². The highest BCUT2D eigenvalue weighted by atomic mass is 35.5. The number of carboxylic acid groups (broad SMARTS) is 1. The maximum Gasteiger partial charge on any atom is 0.305 e. The molecule has 0 saturated carbocycles. The summed E-state index contributed by atoms with van der Waals surface area (Å²) in [5.74, 6) is -1.62. The lowest BCUT2D eigenvalue weighted by Crippen LogP contribution is -2.42. The van der Waals surface area contributed by atoms with Crippen molar-refractivity contribution in [1.82, 2.24) is 9.62 Å². The van der Waals surface area contributed by atoms with Crippen LogP contribution in [0.25, 0.3) is 0 Å². The summed E-state index contributed by atoms with van der Waals surface area (Å²) in [4.78, 5) is 22.3. The van der Waals surface area contributed by atoms with Crippen molar-refractivity contribution in [1.29, 1.82) is 0 Å². The van der Waals surface area contributed by atoms with Gasteiger partial charge in [0.1, 0.15) is 0 Å². The molecule has 2 N–H and O–H groups in total. The van der Waals surface area contributed by atoms with Crippen molar-refractivity contribution in [3.05, 3.63) is 29.3 Å². The van der Waals surface area contributed by atoms with Crippen molar-refractivity contribution in [2.45, 2.75) is 24.3 Å². The van der Waals surface area contributed by atoms with Crippen molar-refractivity contribution in [2.24, 2.45) is 0 Å². The minimum atomic E-state index is -3.81. The molecule has 9 heteroatoms. The monoisotopic (exact) mass is 348 g/mol. The molecule has 1 unspecified atom stereocenters. The molecule has 1 aromatic rings. The van der Waals surface area contributed by atoms with Crippen molar-refractivity contribution in [2.75, 3.05) is 13.6 Å². The Hall–Kier alpha value is -1.64. The predicted octanol–water partition coefficient (Wildman–Crippen LogP) is 0.940. The molecule has 0 spiro atoms. The van der Waals surface area contributed by atoms with E-state index in [0.29, 0.717) is 5.02 Å². The maximum atomic E-state index is 12.3. The maximum absolute atomic E-state index is 12.3. The average Bonchev–Trinajstić information content (AvgIpc) is 2.37. The highest BCUT2D eigenvalue weighted by Crippen LogP contribution is 2.17. The number of amides is 1. The lowest BCUT2D eigenvalue weighted by Gasteiger charge is -2.18. The van der Waals surface area contributed by atoms with Crippen LogP contribution in [0.1, 0.15) is 13.3 Å². The number of rotatable bonds is 7. The second-order valence-corrected chi connectivity index (χ2v) is 7.26. The average molecular weight is 349 g/mol. The molecule has 1 atom stereocenters. The molecule has 22 heavy (non-hydrogen) atoms. The molecule has 7 nitrogen and oxygen atoms in total. The second-order valence-electron chi connectivity index (χ2n) is 4.78. The first-order valence-corrected chi connectivity index (χ1v) is 8.18. The summed E-state index contributed by atoms with van der Waals surface area (Å²) >= 11 is 5.70. The van der Waals surface area contributed by atoms with Crippen molar-refractivity contribution < 1.29 is 23.1 Å². The van der Waals surface area contributed by atoms with Gasteiger partial charge in [0.15, 0.2) is 0 Å². The second kappa shape index (κ2) is 7.57. The fourth-order valence-electron chi connectivity index (χ4n) is 1.71. The third-order valence-corrected chi connectivity index (χ3v) is 4.85. The Kier molecular flexibility index (Phi) is 6.34. The van der Waals surface area contributed by atoms with E-state index in [1.807, 2.05) is 0 Å². The van der Waals surface area contributed by atoms with E-state index in [4.69, 9.17) is 16.7 Å². The number of benzene rings is 1. The van der Waals surface area contributed by atoms with E-state index in [2.05, 4.69) is 5.32 Å². The van der Waals surface area contributed by atoms with Gasteiger partial charge in [-0.05, 0) is 31.2 Å². The van der Waals surface area contributed by atoms with E-state index < -0.39 is 34.5 Å². The lowest BCUT2D eigenvalue weighted by atomic mass is 10.2. The van der Waals surface area contributed by atoms with Crippen LogP contribution in [-0.4, -0.2) is 49.3 Å². The molecule has 0 aliphatic heterocycles. The van der Waals surface area contributed by atoms with Gasteiger partial charge >= 0.3 is 5.97 Å². The van der Waals surface area contributed by atoms with Gasteiger partial charge in [-0.15, -0.1) is 0 Å².